The van der Waals surface area contributed by atoms with Gasteiger partial charge in [-0.3, -0.25) is 0 Å². The lowest BCUT2D eigenvalue weighted by molar-refractivity contribution is 0.0697. The molecule has 1 N–H and O–H groups in total. The van der Waals surface area contributed by atoms with E-state index in [1.165, 1.54) is 0 Å². The molecule has 0 spiro atoms. The molecule has 19 heavy (non-hydrogen) atoms. The molecule has 0 aliphatic carbocycles. The predicted octanol–water partition coefficient (Wildman–Crippen LogP) is 2.17. The Hall–Kier alpha value is -1.88. The van der Waals surface area contributed by atoms with Crippen molar-refractivity contribution in [3.8, 4) is 0 Å². The first-order valence-electron chi connectivity index (χ1n) is 6.26. The van der Waals surface area contributed by atoms with Crippen LogP contribution in [0.25, 0.3) is 11.0 Å². The van der Waals surface area contributed by atoms with Gasteiger partial charge in [0.15, 0.2) is 0 Å². The third-order valence-electron chi connectivity index (χ3n) is 3.18. The number of fused-ring (bicyclic) bond motifs is 1. The summed E-state index contributed by atoms with van der Waals surface area (Å²) in [6, 6.07) is 5.38. The lowest BCUT2D eigenvalue weighted by Crippen LogP contribution is -2.23. The number of likely N-dealkylation sites (N-methyl/N-ethyl adjacent to an activating group) is 1. The van der Waals surface area contributed by atoms with Gasteiger partial charge in [-0.25, -0.2) is 9.78 Å². The number of aryl methyl sites for hydroxylation is 1. The van der Waals surface area contributed by atoms with E-state index >= 15 is 0 Å². The minimum atomic E-state index is -0.921. The minimum Gasteiger partial charge on any atom is -0.478 e. The number of aromatic carboxylic acids is 1. The summed E-state index contributed by atoms with van der Waals surface area (Å²) in [5.41, 5.74) is 2.00. The van der Waals surface area contributed by atoms with E-state index < -0.39 is 5.97 Å². The van der Waals surface area contributed by atoms with Crippen molar-refractivity contribution in [2.24, 2.45) is 0 Å². The van der Waals surface area contributed by atoms with Crippen LogP contribution in [-0.4, -0.2) is 46.2 Å². The van der Waals surface area contributed by atoms with E-state index in [0.717, 1.165) is 23.4 Å². The lowest BCUT2D eigenvalue weighted by atomic mass is 10.2. The molecule has 1 aromatic heterocycles. The summed E-state index contributed by atoms with van der Waals surface area (Å²) >= 11 is 0. The van der Waals surface area contributed by atoms with Crippen LogP contribution in [-0.2, 0) is 0 Å². The van der Waals surface area contributed by atoms with E-state index in [0.29, 0.717) is 0 Å². The molecule has 0 bridgehead atoms. The minimum absolute atomic E-state index is 0.275. The van der Waals surface area contributed by atoms with Crippen LogP contribution in [0, 0.1) is 6.92 Å². The molecular weight excluding hydrogens is 242 g/mol. The quantitative estimate of drug-likeness (QED) is 0.916. The number of imidazole rings is 1. The summed E-state index contributed by atoms with van der Waals surface area (Å²) in [7, 11) is 4.07. The van der Waals surface area contributed by atoms with Crippen LogP contribution in [0.4, 0.5) is 0 Å². The number of rotatable bonds is 4. The van der Waals surface area contributed by atoms with Crippen molar-refractivity contribution in [3.63, 3.8) is 0 Å². The van der Waals surface area contributed by atoms with E-state index in [2.05, 4.69) is 21.4 Å². The monoisotopic (exact) mass is 261 g/mol. The van der Waals surface area contributed by atoms with Gasteiger partial charge in [-0.15, -0.1) is 0 Å². The largest absolute Gasteiger partial charge is 0.478 e. The molecule has 0 saturated carbocycles. The summed E-state index contributed by atoms with van der Waals surface area (Å²) in [6.45, 7) is 5.00. The molecule has 102 valence electrons. The number of carboxylic acid groups (broad SMARTS) is 1. The molecule has 1 heterocycles. The van der Waals surface area contributed by atoms with Crippen molar-refractivity contribution >= 4 is 17.0 Å². The maximum atomic E-state index is 11.0. The molecule has 5 heteroatoms. The summed E-state index contributed by atoms with van der Waals surface area (Å²) < 4.78 is 2.15. The van der Waals surface area contributed by atoms with Gasteiger partial charge in [-0.1, -0.05) is 0 Å². The van der Waals surface area contributed by atoms with Gasteiger partial charge in [0.1, 0.15) is 5.82 Å². The van der Waals surface area contributed by atoms with E-state index in [4.69, 9.17) is 5.11 Å². The highest BCUT2D eigenvalue weighted by atomic mass is 16.4. The molecule has 1 aromatic carbocycles. The highest BCUT2D eigenvalue weighted by Gasteiger charge is 2.15. The number of hydrogen-bond acceptors (Lipinski definition) is 3. The normalized spacial score (nSPS) is 13.1. The summed E-state index contributed by atoms with van der Waals surface area (Å²) in [4.78, 5) is 17.6. The fourth-order valence-corrected chi connectivity index (χ4v) is 2.52. The van der Waals surface area contributed by atoms with Gasteiger partial charge < -0.3 is 14.6 Å². The maximum Gasteiger partial charge on any atom is 0.335 e. The zero-order valence-corrected chi connectivity index (χ0v) is 11.7. The SMILES string of the molecule is Cc1nc2cc(C(=O)O)ccc2n1C(C)CN(C)C. The molecule has 0 radical (unpaired) electrons. The average Bonchev–Trinajstić information content (AvgIpc) is 2.62. The zero-order valence-electron chi connectivity index (χ0n) is 11.7. The fraction of sp³-hybridized carbons (Fsp3) is 0.429. The third kappa shape index (κ3) is 2.61. The topological polar surface area (TPSA) is 58.4 Å². The number of nitrogens with zero attached hydrogens (tertiary/aromatic N) is 3. The second kappa shape index (κ2) is 5.01. The Morgan fingerprint density at radius 2 is 2.16 bits per heavy atom. The Morgan fingerprint density at radius 3 is 2.74 bits per heavy atom. The van der Waals surface area contributed by atoms with Gasteiger partial charge in [0.05, 0.1) is 16.6 Å². The molecule has 0 aliphatic heterocycles. The summed E-state index contributed by atoms with van der Waals surface area (Å²) in [5, 5.41) is 9.01. The first-order chi connectivity index (χ1) is 8.90. The van der Waals surface area contributed by atoms with Gasteiger partial charge in [0.2, 0.25) is 0 Å². The van der Waals surface area contributed by atoms with Gasteiger partial charge in [0, 0.05) is 12.6 Å². The first kappa shape index (κ1) is 13.5. The number of benzene rings is 1. The molecule has 0 aliphatic rings. The van der Waals surface area contributed by atoms with E-state index in [9.17, 15) is 4.79 Å². The van der Waals surface area contributed by atoms with Crippen molar-refractivity contribution in [1.82, 2.24) is 14.5 Å². The Morgan fingerprint density at radius 1 is 1.47 bits per heavy atom. The van der Waals surface area contributed by atoms with Crippen molar-refractivity contribution in [2.45, 2.75) is 19.9 Å². The fourth-order valence-electron chi connectivity index (χ4n) is 2.52. The predicted molar refractivity (Wildman–Crippen MR) is 74.7 cm³/mol. The number of carboxylic acids is 1. The molecule has 5 nitrogen and oxygen atoms in total. The van der Waals surface area contributed by atoms with E-state index in [1.807, 2.05) is 27.1 Å². The zero-order chi connectivity index (χ0) is 14.2. The van der Waals surface area contributed by atoms with Crippen molar-refractivity contribution in [1.29, 1.82) is 0 Å². The molecule has 1 unspecified atom stereocenters. The molecule has 0 amide bonds. The van der Waals surface area contributed by atoms with Crippen molar-refractivity contribution in [3.05, 3.63) is 29.6 Å². The van der Waals surface area contributed by atoms with Gasteiger partial charge in [-0.2, -0.15) is 0 Å². The van der Waals surface area contributed by atoms with Gasteiger partial charge in [0.25, 0.3) is 0 Å². The second-order valence-electron chi connectivity index (χ2n) is 5.15. The molecule has 2 rings (SSSR count). The van der Waals surface area contributed by atoms with Crippen molar-refractivity contribution in [2.75, 3.05) is 20.6 Å². The lowest BCUT2D eigenvalue weighted by Gasteiger charge is -2.20. The van der Waals surface area contributed by atoms with Gasteiger partial charge >= 0.3 is 5.97 Å². The highest BCUT2D eigenvalue weighted by molar-refractivity contribution is 5.92. The molecule has 0 saturated heterocycles. The summed E-state index contributed by atoms with van der Waals surface area (Å²) in [5.74, 6) is -0.0117. The molecule has 0 fully saturated rings. The highest BCUT2D eigenvalue weighted by Crippen LogP contribution is 2.22. The second-order valence-corrected chi connectivity index (χ2v) is 5.15. The van der Waals surface area contributed by atoms with Crippen LogP contribution < -0.4 is 0 Å². The Labute approximate surface area is 112 Å². The number of hydrogen-bond donors (Lipinski definition) is 1. The van der Waals surface area contributed by atoms with Crippen LogP contribution in [0.3, 0.4) is 0 Å². The van der Waals surface area contributed by atoms with E-state index in [-0.39, 0.29) is 11.6 Å². The Balaban J connectivity index is 2.50. The third-order valence-corrected chi connectivity index (χ3v) is 3.18. The number of aromatic nitrogens is 2. The van der Waals surface area contributed by atoms with Crippen LogP contribution in [0.2, 0.25) is 0 Å². The molecule has 2 aromatic rings. The molecular formula is C14H19N3O2. The van der Waals surface area contributed by atoms with Crippen LogP contribution >= 0.6 is 0 Å². The van der Waals surface area contributed by atoms with Crippen LogP contribution in [0.5, 0.6) is 0 Å². The average molecular weight is 261 g/mol. The number of carbonyl (C=O) groups is 1. The standard InChI is InChI=1S/C14H19N3O2/c1-9(8-16(3)4)17-10(2)15-12-7-11(14(18)19)5-6-13(12)17/h5-7,9H,8H2,1-4H3,(H,18,19). The summed E-state index contributed by atoms with van der Waals surface area (Å²) in [6.07, 6.45) is 0. The van der Waals surface area contributed by atoms with Crippen molar-refractivity contribution < 1.29 is 9.90 Å². The maximum absolute atomic E-state index is 11.0. The van der Waals surface area contributed by atoms with Crippen LogP contribution in [0.1, 0.15) is 29.1 Å². The molecule has 1 atom stereocenters. The van der Waals surface area contributed by atoms with Crippen LogP contribution in [0.15, 0.2) is 18.2 Å². The van der Waals surface area contributed by atoms with E-state index in [1.54, 1.807) is 12.1 Å². The smallest absolute Gasteiger partial charge is 0.335 e. The van der Waals surface area contributed by atoms with Gasteiger partial charge in [-0.05, 0) is 46.1 Å². The Bertz CT molecular complexity index is 616. The first-order valence-corrected chi connectivity index (χ1v) is 6.26. The Kier molecular flexibility index (Phi) is 3.57.